The van der Waals surface area contributed by atoms with Crippen molar-refractivity contribution >= 4 is 11.8 Å². The van der Waals surface area contributed by atoms with Crippen molar-refractivity contribution in [3.05, 3.63) is 29.8 Å². The van der Waals surface area contributed by atoms with Gasteiger partial charge in [-0.15, -0.1) is 0 Å². The van der Waals surface area contributed by atoms with Crippen LogP contribution < -0.4 is 10.6 Å². The standard InChI is InChI=1S/C15H22N2O2/c1-15(2,3)19-14(18)17-13-6-4-5-11(10-13)9-12-7-8-16-12/h4-6,10,12,16H,7-9H2,1-3H3,(H,17,18). The van der Waals surface area contributed by atoms with Crippen LogP contribution in [-0.2, 0) is 11.2 Å². The number of carbonyl (C=O) groups is 1. The van der Waals surface area contributed by atoms with Gasteiger partial charge >= 0.3 is 6.09 Å². The summed E-state index contributed by atoms with van der Waals surface area (Å²) in [5.41, 5.74) is 1.54. The van der Waals surface area contributed by atoms with E-state index in [-0.39, 0.29) is 0 Å². The van der Waals surface area contributed by atoms with Crippen LogP contribution in [0.1, 0.15) is 32.8 Å². The Morgan fingerprint density at radius 2 is 2.21 bits per heavy atom. The molecule has 1 aromatic carbocycles. The Hall–Kier alpha value is -1.55. The quantitative estimate of drug-likeness (QED) is 0.880. The maximum atomic E-state index is 11.7. The Kier molecular flexibility index (Phi) is 4.10. The molecule has 1 unspecified atom stereocenters. The number of amides is 1. The van der Waals surface area contributed by atoms with E-state index in [9.17, 15) is 4.79 Å². The summed E-state index contributed by atoms with van der Waals surface area (Å²) in [6, 6.07) is 8.50. The van der Waals surface area contributed by atoms with Gasteiger partial charge in [0.15, 0.2) is 0 Å². The number of hydrogen-bond acceptors (Lipinski definition) is 3. The van der Waals surface area contributed by atoms with Gasteiger partial charge in [-0.3, -0.25) is 5.32 Å². The highest BCUT2D eigenvalue weighted by Crippen LogP contribution is 2.16. The van der Waals surface area contributed by atoms with Crippen molar-refractivity contribution in [3.63, 3.8) is 0 Å². The molecule has 0 aromatic heterocycles. The van der Waals surface area contributed by atoms with Gasteiger partial charge in [0, 0.05) is 11.7 Å². The zero-order valence-corrected chi connectivity index (χ0v) is 11.8. The molecular formula is C15H22N2O2. The van der Waals surface area contributed by atoms with Gasteiger partial charge in [0.2, 0.25) is 0 Å². The first kappa shape index (κ1) is 13.9. The first-order valence-corrected chi connectivity index (χ1v) is 6.75. The second kappa shape index (κ2) is 5.61. The fourth-order valence-electron chi connectivity index (χ4n) is 2.00. The van der Waals surface area contributed by atoms with Crippen LogP contribution in [0.4, 0.5) is 10.5 Å². The van der Waals surface area contributed by atoms with Crippen LogP contribution in [0.5, 0.6) is 0 Å². The Bertz CT molecular complexity index is 448. The van der Waals surface area contributed by atoms with Gasteiger partial charge in [0.05, 0.1) is 0 Å². The predicted octanol–water partition coefficient (Wildman–Crippen LogP) is 2.94. The van der Waals surface area contributed by atoms with E-state index in [4.69, 9.17) is 4.74 Å². The molecule has 1 fully saturated rings. The number of hydrogen-bond donors (Lipinski definition) is 2. The number of carbonyl (C=O) groups excluding carboxylic acids is 1. The number of ether oxygens (including phenoxy) is 1. The molecule has 1 aliphatic rings. The fourth-order valence-corrected chi connectivity index (χ4v) is 2.00. The van der Waals surface area contributed by atoms with Crippen LogP contribution in [0.15, 0.2) is 24.3 Å². The van der Waals surface area contributed by atoms with E-state index in [1.165, 1.54) is 12.0 Å². The smallest absolute Gasteiger partial charge is 0.412 e. The van der Waals surface area contributed by atoms with Crippen LogP contribution in [0.25, 0.3) is 0 Å². The fraction of sp³-hybridized carbons (Fsp3) is 0.533. The first-order chi connectivity index (χ1) is 8.92. The largest absolute Gasteiger partial charge is 0.444 e. The molecule has 4 heteroatoms. The van der Waals surface area contributed by atoms with Crippen molar-refractivity contribution < 1.29 is 9.53 Å². The van der Waals surface area contributed by atoms with E-state index in [2.05, 4.69) is 16.7 Å². The molecule has 1 saturated heterocycles. The van der Waals surface area contributed by atoms with Gasteiger partial charge < -0.3 is 10.1 Å². The molecule has 0 aliphatic carbocycles. The van der Waals surface area contributed by atoms with Crippen molar-refractivity contribution in [1.82, 2.24) is 5.32 Å². The van der Waals surface area contributed by atoms with Crippen LogP contribution in [0.3, 0.4) is 0 Å². The summed E-state index contributed by atoms with van der Waals surface area (Å²) in [5.74, 6) is 0. The minimum absolute atomic E-state index is 0.411. The highest BCUT2D eigenvalue weighted by atomic mass is 16.6. The van der Waals surface area contributed by atoms with Gasteiger partial charge in [-0.25, -0.2) is 4.79 Å². The summed E-state index contributed by atoms with van der Waals surface area (Å²) in [4.78, 5) is 11.7. The van der Waals surface area contributed by atoms with E-state index in [0.717, 1.165) is 18.7 Å². The summed E-state index contributed by atoms with van der Waals surface area (Å²) in [5, 5.41) is 6.14. The Balaban J connectivity index is 1.92. The molecule has 1 atom stereocenters. The molecule has 19 heavy (non-hydrogen) atoms. The second-order valence-corrected chi connectivity index (χ2v) is 5.97. The highest BCUT2D eigenvalue weighted by Gasteiger charge is 2.18. The summed E-state index contributed by atoms with van der Waals surface area (Å²) < 4.78 is 5.23. The SMILES string of the molecule is CC(C)(C)OC(=O)Nc1cccc(CC2CCN2)c1. The first-order valence-electron chi connectivity index (χ1n) is 6.75. The van der Waals surface area contributed by atoms with E-state index >= 15 is 0 Å². The van der Waals surface area contributed by atoms with Crippen molar-refractivity contribution in [2.75, 3.05) is 11.9 Å². The molecule has 1 heterocycles. The minimum atomic E-state index is -0.475. The lowest BCUT2D eigenvalue weighted by Gasteiger charge is -2.27. The third kappa shape index (κ3) is 4.56. The van der Waals surface area contributed by atoms with E-state index < -0.39 is 11.7 Å². The van der Waals surface area contributed by atoms with Gasteiger partial charge in [-0.2, -0.15) is 0 Å². The number of rotatable bonds is 3. The summed E-state index contributed by atoms with van der Waals surface area (Å²) in [6.07, 6.45) is 1.82. The van der Waals surface area contributed by atoms with Gasteiger partial charge in [0.1, 0.15) is 5.60 Å². The summed E-state index contributed by atoms with van der Waals surface area (Å²) >= 11 is 0. The highest BCUT2D eigenvalue weighted by molar-refractivity contribution is 5.84. The van der Waals surface area contributed by atoms with Gasteiger partial charge in [-0.1, -0.05) is 12.1 Å². The van der Waals surface area contributed by atoms with E-state index in [0.29, 0.717) is 6.04 Å². The number of anilines is 1. The van der Waals surface area contributed by atoms with Crippen molar-refractivity contribution in [2.45, 2.75) is 45.3 Å². The number of benzene rings is 1. The molecule has 0 bridgehead atoms. The lowest BCUT2D eigenvalue weighted by Crippen LogP contribution is -2.44. The normalized spacial score (nSPS) is 18.6. The molecule has 2 rings (SSSR count). The van der Waals surface area contributed by atoms with Gasteiger partial charge in [-0.05, 0) is 57.9 Å². The van der Waals surface area contributed by atoms with Crippen LogP contribution in [-0.4, -0.2) is 24.3 Å². The number of nitrogens with one attached hydrogen (secondary N) is 2. The average molecular weight is 262 g/mol. The Morgan fingerprint density at radius 1 is 1.47 bits per heavy atom. The maximum absolute atomic E-state index is 11.7. The third-order valence-corrected chi connectivity index (χ3v) is 2.98. The molecular weight excluding hydrogens is 240 g/mol. The lowest BCUT2D eigenvalue weighted by atomic mass is 9.98. The minimum Gasteiger partial charge on any atom is -0.444 e. The molecule has 1 aromatic rings. The zero-order chi connectivity index (χ0) is 13.9. The van der Waals surface area contributed by atoms with Crippen molar-refractivity contribution in [1.29, 1.82) is 0 Å². The topological polar surface area (TPSA) is 50.4 Å². The second-order valence-electron chi connectivity index (χ2n) is 5.97. The van der Waals surface area contributed by atoms with Crippen LogP contribution >= 0.6 is 0 Å². The molecule has 4 nitrogen and oxygen atoms in total. The average Bonchev–Trinajstić information content (AvgIpc) is 2.21. The van der Waals surface area contributed by atoms with E-state index in [1.807, 2.05) is 39.0 Å². The monoisotopic (exact) mass is 262 g/mol. The van der Waals surface area contributed by atoms with Crippen molar-refractivity contribution in [2.24, 2.45) is 0 Å². The van der Waals surface area contributed by atoms with Crippen LogP contribution in [0.2, 0.25) is 0 Å². The zero-order valence-electron chi connectivity index (χ0n) is 11.8. The maximum Gasteiger partial charge on any atom is 0.412 e. The summed E-state index contributed by atoms with van der Waals surface area (Å²) in [7, 11) is 0. The molecule has 1 amide bonds. The molecule has 0 saturated carbocycles. The Labute approximate surface area is 114 Å². The predicted molar refractivity (Wildman–Crippen MR) is 76.4 cm³/mol. The molecule has 0 spiro atoms. The molecule has 2 N–H and O–H groups in total. The van der Waals surface area contributed by atoms with Crippen LogP contribution in [0, 0.1) is 0 Å². The Morgan fingerprint density at radius 3 is 2.79 bits per heavy atom. The summed E-state index contributed by atoms with van der Waals surface area (Å²) in [6.45, 7) is 6.67. The molecule has 1 aliphatic heterocycles. The molecule has 0 radical (unpaired) electrons. The van der Waals surface area contributed by atoms with Crippen molar-refractivity contribution in [3.8, 4) is 0 Å². The third-order valence-electron chi connectivity index (χ3n) is 2.98. The van der Waals surface area contributed by atoms with Gasteiger partial charge in [0.25, 0.3) is 0 Å². The van der Waals surface area contributed by atoms with E-state index in [1.54, 1.807) is 0 Å². The molecule has 104 valence electrons. The lowest BCUT2D eigenvalue weighted by molar-refractivity contribution is 0.0636.